The number of hydrogen-bond acceptors (Lipinski definition) is 4. The summed E-state index contributed by atoms with van der Waals surface area (Å²) in [6, 6.07) is 16.8. The van der Waals surface area contributed by atoms with Crippen LogP contribution in [0.4, 0.5) is 4.39 Å². The number of halogens is 1. The lowest BCUT2D eigenvalue weighted by atomic mass is 9.90. The first-order valence-corrected chi connectivity index (χ1v) is 11.9. The van der Waals surface area contributed by atoms with Gasteiger partial charge in [0.1, 0.15) is 5.82 Å². The maximum atomic E-state index is 13.2. The van der Waals surface area contributed by atoms with Crippen LogP contribution in [0.15, 0.2) is 66.0 Å². The van der Waals surface area contributed by atoms with E-state index in [2.05, 4.69) is 29.2 Å². The summed E-state index contributed by atoms with van der Waals surface area (Å²) in [4.78, 5) is 19.2. The van der Waals surface area contributed by atoms with E-state index in [0.717, 1.165) is 37.9 Å². The molecule has 2 heterocycles. The van der Waals surface area contributed by atoms with E-state index in [1.54, 1.807) is 18.3 Å². The van der Waals surface area contributed by atoms with Crippen LogP contribution >= 0.6 is 11.8 Å². The Bertz CT molecular complexity index is 1020. The van der Waals surface area contributed by atoms with Crippen molar-refractivity contribution in [3.63, 3.8) is 0 Å². The first kappa shape index (κ1) is 22.6. The largest absolute Gasteiger partial charge is 0.390 e. The summed E-state index contributed by atoms with van der Waals surface area (Å²) in [5.74, 6) is 0.781. The van der Waals surface area contributed by atoms with Gasteiger partial charge < -0.3 is 14.6 Å². The number of aromatic nitrogens is 2. The molecule has 1 aliphatic rings. The smallest absolute Gasteiger partial charge is 0.233 e. The van der Waals surface area contributed by atoms with Gasteiger partial charge in [-0.05, 0) is 48.4 Å². The van der Waals surface area contributed by atoms with Crippen molar-refractivity contribution in [1.29, 1.82) is 0 Å². The molecule has 1 amide bonds. The standard InChI is InChI=1S/C25H28FN3O2S/c26-22-8-6-21(7-9-22)15-29-16-23(17-30)27-25(29)32-18-24(31)28-12-10-20(11-13-28)14-19-4-2-1-3-5-19/h1-9,16,20,30H,10-15,17-18H2. The van der Waals surface area contributed by atoms with E-state index < -0.39 is 0 Å². The fourth-order valence-corrected chi connectivity index (χ4v) is 4.99. The average molecular weight is 454 g/mol. The molecule has 5 nitrogen and oxygen atoms in total. The molecule has 0 saturated carbocycles. The Hall–Kier alpha value is -2.64. The summed E-state index contributed by atoms with van der Waals surface area (Å²) >= 11 is 1.39. The van der Waals surface area contributed by atoms with Gasteiger partial charge in [0, 0.05) is 25.8 Å². The van der Waals surface area contributed by atoms with Crippen molar-refractivity contribution in [2.75, 3.05) is 18.8 Å². The summed E-state index contributed by atoms with van der Waals surface area (Å²) in [6.07, 6.45) is 4.91. The molecule has 0 aliphatic carbocycles. The normalized spacial score (nSPS) is 14.6. The first-order chi connectivity index (χ1) is 15.6. The number of nitrogens with zero attached hydrogens (tertiary/aromatic N) is 3. The summed E-state index contributed by atoms with van der Waals surface area (Å²) in [7, 11) is 0. The van der Waals surface area contributed by atoms with Gasteiger partial charge in [-0.1, -0.05) is 54.2 Å². The number of piperidine rings is 1. The van der Waals surface area contributed by atoms with E-state index in [1.165, 1.54) is 29.5 Å². The summed E-state index contributed by atoms with van der Waals surface area (Å²) in [6.45, 7) is 1.94. The highest BCUT2D eigenvalue weighted by Crippen LogP contribution is 2.24. The predicted octanol–water partition coefficient (Wildman–Crippen LogP) is 4.14. The number of amides is 1. The average Bonchev–Trinajstić information content (AvgIpc) is 3.22. The van der Waals surface area contributed by atoms with E-state index in [9.17, 15) is 14.3 Å². The van der Waals surface area contributed by atoms with Crippen LogP contribution in [0, 0.1) is 11.7 Å². The molecule has 0 atom stereocenters. The molecule has 1 N–H and O–H groups in total. The summed E-state index contributed by atoms with van der Waals surface area (Å²) < 4.78 is 15.1. The second-order valence-corrected chi connectivity index (χ2v) is 9.17. The lowest BCUT2D eigenvalue weighted by Gasteiger charge is -2.32. The molecule has 3 aromatic rings. The van der Waals surface area contributed by atoms with E-state index in [0.29, 0.717) is 29.1 Å². The Morgan fingerprint density at radius 3 is 2.47 bits per heavy atom. The second kappa shape index (κ2) is 10.8. The highest BCUT2D eigenvalue weighted by molar-refractivity contribution is 7.99. The minimum absolute atomic E-state index is 0.120. The van der Waals surface area contributed by atoms with Crippen molar-refractivity contribution < 1.29 is 14.3 Å². The van der Waals surface area contributed by atoms with Crippen LogP contribution in [0.5, 0.6) is 0 Å². The van der Waals surface area contributed by atoms with Crippen molar-refractivity contribution >= 4 is 17.7 Å². The maximum Gasteiger partial charge on any atom is 0.233 e. The molecular formula is C25H28FN3O2S. The molecule has 0 radical (unpaired) electrons. The molecule has 7 heteroatoms. The minimum atomic E-state index is -0.275. The Labute approximate surface area is 192 Å². The van der Waals surface area contributed by atoms with Gasteiger partial charge in [0.15, 0.2) is 5.16 Å². The molecule has 0 unspecified atom stereocenters. The number of rotatable bonds is 8. The number of carbonyl (C=O) groups excluding carboxylic acids is 1. The zero-order valence-corrected chi connectivity index (χ0v) is 18.8. The quantitative estimate of drug-likeness (QED) is 0.521. The van der Waals surface area contributed by atoms with E-state index in [-0.39, 0.29) is 18.3 Å². The zero-order chi connectivity index (χ0) is 22.3. The minimum Gasteiger partial charge on any atom is -0.390 e. The van der Waals surface area contributed by atoms with Gasteiger partial charge in [-0.25, -0.2) is 9.37 Å². The number of thioether (sulfide) groups is 1. The maximum absolute atomic E-state index is 13.2. The van der Waals surface area contributed by atoms with E-state index in [4.69, 9.17) is 0 Å². The topological polar surface area (TPSA) is 58.4 Å². The van der Waals surface area contributed by atoms with Crippen LogP contribution in [0.2, 0.25) is 0 Å². The number of likely N-dealkylation sites (tertiary alicyclic amines) is 1. The second-order valence-electron chi connectivity index (χ2n) is 8.23. The monoisotopic (exact) mass is 453 g/mol. The van der Waals surface area contributed by atoms with E-state index in [1.807, 2.05) is 15.5 Å². The third-order valence-electron chi connectivity index (χ3n) is 5.88. The lowest BCUT2D eigenvalue weighted by Crippen LogP contribution is -2.39. The molecule has 1 aliphatic heterocycles. The number of hydrogen-bond donors (Lipinski definition) is 1. The number of carbonyl (C=O) groups is 1. The Morgan fingerprint density at radius 2 is 1.78 bits per heavy atom. The molecule has 32 heavy (non-hydrogen) atoms. The lowest BCUT2D eigenvalue weighted by molar-refractivity contribution is -0.129. The number of aliphatic hydroxyl groups is 1. The molecule has 0 bridgehead atoms. The van der Waals surface area contributed by atoms with Crippen molar-refractivity contribution in [2.24, 2.45) is 5.92 Å². The fraction of sp³-hybridized carbons (Fsp3) is 0.360. The molecule has 1 fully saturated rings. The number of imidazole rings is 1. The SMILES string of the molecule is O=C(CSc1nc(CO)cn1Cc1ccc(F)cc1)N1CCC(Cc2ccccc2)CC1. The van der Waals surface area contributed by atoms with Crippen molar-refractivity contribution in [3.05, 3.63) is 83.4 Å². The van der Waals surface area contributed by atoms with Crippen LogP contribution in [0.3, 0.4) is 0 Å². The van der Waals surface area contributed by atoms with Crippen LogP contribution in [-0.4, -0.2) is 44.3 Å². The zero-order valence-electron chi connectivity index (χ0n) is 18.0. The van der Waals surface area contributed by atoms with Gasteiger partial charge >= 0.3 is 0 Å². The van der Waals surface area contributed by atoms with Crippen LogP contribution < -0.4 is 0 Å². The van der Waals surface area contributed by atoms with Gasteiger partial charge in [-0.15, -0.1) is 0 Å². The molecule has 1 saturated heterocycles. The Morgan fingerprint density at radius 1 is 1.06 bits per heavy atom. The highest BCUT2D eigenvalue weighted by Gasteiger charge is 2.23. The molecular weight excluding hydrogens is 425 g/mol. The van der Waals surface area contributed by atoms with Gasteiger partial charge in [0.2, 0.25) is 5.91 Å². The predicted molar refractivity (Wildman–Crippen MR) is 124 cm³/mol. The number of aliphatic hydroxyl groups excluding tert-OH is 1. The van der Waals surface area contributed by atoms with E-state index >= 15 is 0 Å². The van der Waals surface area contributed by atoms with Gasteiger partial charge in [0.05, 0.1) is 18.1 Å². The highest BCUT2D eigenvalue weighted by atomic mass is 32.2. The summed E-state index contributed by atoms with van der Waals surface area (Å²) in [5.41, 5.74) is 2.85. The van der Waals surface area contributed by atoms with Gasteiger partial charge in [-0.2, -0.15) is 0 Å². The molecule has 4 rings (SSSR count). The molecule has 0 spiro atoms. The van der Waals surface area contributed by atoms with Crippen LogP contribution in [0.25, 0.3) is 0 Å². The fourth-order valence-electron chi connectivity index (χ4n) is 4.09. The van der Waals surface area contributed by atoms with Crippen molar-refractivity contribution in [2.45, 2.75) is 37.6 Å². The third kappa shape index (κ3) is 5.99. The van der Waals surface area contributed by atoms with Crippen molar-refractivity contribution in [1.82, 2.24) is 14.5 Å². The molecule has 168 valence electrons. The third-order valence-corrected chi connectivity index (χ3v) is 6.85. The Kier molecular flexibility index (Phi) is 7.60. The molecule has 2 aromatic carbocycles. The molecule has 1 aromatic heterocycles. The van der Waals surface area contributed by atoms with Crippen LogP contribution in [0.1, 0.15) is 29.7 Å². The Balaban J connectivity index is 1.30. The first-order valence-electron chi connectivity index (χ1n) is 11.0. The number of benzene rings is 2. The van der Waals surface area contributed by atoms with Crippen LogP contribution in [-0.2, 0) is 24.4 Å². The van der Waals surface area contributed by atoms with Gasteiger partial charge in [0.25, 0.3) is 0 Å². The van der Waals surface area contributed by atoms with Crippen molar-refractivity contribution in [3.8, 4) is 0 Å². The summed E-state index contributed by atoms with van der Waals surface area (Å²) in [5, 5.41) is 10.2. The van der Waals surface area contributed by atoms with Gasteiger partial charge in [-0.3, -0.25) is 4.79 Å².